The number of benzene rings is 6. The maximum absolute atomic E-state index is 11.3. The van der Waals surface area contributed by atoms with E-state index in [0.717, 1.165) is 60.5 Å². The van der Waals surface area contributed by atoms with Gasteiger partial charge in [0.1, 0.15) is 17.2 Å². The summed E-state index contributed by atoms with van der Waals surface area (Å²) in [6, 6.07) is 37.3. The Hall–Kier alpha value is -4.30. The molecule has 0 amide bonds. The maximum atomic E-state index is 11.3. The van der Waals surface area contributed by atoms with Crippen molar-refractivity contribution in [1.82, 2.24) is 0 Å². The fourth-order valence-corrected chi connectivity index (χ4v) is 5.46. The molecule has 0 atom stereocenters. The van der Waals surface area contributed by atoms with Gasteiger partial charge in [-0.2, -0.15) is 0 Å². The number of hydrogen-bond donors (Lipinski definition) is 1. The Morgan fingerprint density at radius 1 is 0.455 bits per heavy atom. The Morgan fingerprint density at radius 3 is 1.39 bits per heavy atom. The highest BCUT2D eigenvalue weighted by Crippen LogP contribution is 2.54. The van der Waals surface area contributed by atoms with Crippen molar-refractivity contribution in [2.24, 2.45) is 0 Å². The summed E-state index contributed by atoms with van der Waals surface area (Å²) in [5.41, 5.74) is 3.12. The number of fused-ring (bicyclic) bond motifs is 7. The van der Waals surface area contributed by atoms with Crippen molar-refractivity contribution in [3.63, 3.8) is 0 Å². The monoisotopic (exact) mass is 424 g/mol. The van der Waals surface area contributed by atoms with Crippen molar-refractivity contribution in [1.29, 1.82) is 0 Å². The van der Waals surface area contributed by atoms with Crippen molar-refractivity contribution >= 4 is 32.3 Å². The molecule has 0 radical (unpaired) electrons. The van der Waals surface area contributed by atoms with Crippen molar-refractivity contribution in [2.45, 2.75) is 5.92 Å². The van der Waals surface area contributed by atoms with E-state index in [1.807, 2.05) is 24.3 Å². The predicted octanol–water partition coefficient (Wildman–Crippen LogP) is 8.14. The van der Waals surface area contributed by atoms with Crippen LogP contribution in [0.1, 0.15) is 22.6 Å². The van der Waals surface area contributed by atoms with Gasteiger partial charge in [0, 0.05) is 22.6 Å². The first-order valence-corrected chi connectivity index (χ1v) is 11.2. The second kappa shape index (κ2) is 6.85. The minimum Gasteiger partial charge on any atom is -0.508 e. The lowest BCUT2D eigenvalue weighted by Crippen LogP contribution is -2.13. The van der Waals surface area contributed by atoms with E-state index in [1.54, 1.807) is 0 Å². The Kier molecular flexibility index (Phi) is 3.80. The lowest BCUT2D eigenvalue weighted by molar-refractivity contribution is 0.447. The van der Waals surface area contributed by atoms with Crippen LogP contribution >= 0.6 is 0 Å². The smallest absolute Gasteiger partial charge is 0.132 e. The molecule has 2 heteroatoms. The lowest BCUT2D eigenvalue weighted by atomic mass is 9.77. The Morgan fingerprint density at radius 2 is 0.879 bits per heavy atom. The molecule has 0 spiro atoms. The van der Waals surface area contributed by atoms with Crippen molar-refractivity contribution in [2.75, 3.05) is 0 Å². The molecule has 0 fully saturated rings. The molecule has 1 aliphatic heterocycles. The third-order valence-corrected chi connectivity index (χ3v) is 6.89. The zero-order valence-corrected chi connectivity index (χ0v) is 17.8. The molecule has 6 aromatic rings. The lowest BCUT2D eigenvalue weighted by Gasteiger charge is -2.32. The van der Waals surface area contributed by atoms with Gasteiger partial charge in [0.25, 0.3) is 0 Å². The quantitative estimate of drug-likeness (QED) is 0.288. The topological polar surface area (TPSA) is 29.5 Å². The minimum atomic E-state index is -0.174. The van der Waals surface area contributed by atoms with E-state index in [9.17, 15) is 5.11 Å². The molecule has 7 rings (SSSR count). The van der Waals surface area contributed by atoms with Crippen LogP contribution in [-0.2, 0) is 0 Å². The normalized spacial score (nSPS) is 13.1. The van der Waals surface area contributed by atoms with E-state index in [4.69, 9.17) is 4.74 Å². The van der Waals surface area contributed by atoms with Crippen LogP contribution in [0.4, 0.5) is 0 Å². The molecule has 1 aliphatic rings. The number of ether oxygens (including phenoxy) is 1. The summed E-state index contributed by atoms with van der Waals surface area (Å²) in [6.07, 6.45) is 0. The van der Waals surface area contributed by atoms with Gasteiger partial charge >= 0.3 is 0 Å². The number of phenols is 1. The molecule has 0 aromatic heterocycles. The average Bonchev–Trinajstić information content (AvgIpc) is 2.87. The SMILES string of the molecule is Oc1ccc2ccccc2c1C1c2c(ccc3ccccc23)Oc2ccc3ccccc3c21. The first-order chi connectivity index (χ1) is 16.3. The van der Waals surface area contributed by atoms with Crippen LogP contribution in [0.2, 0.25) is 0 Å². The van der Waals surface area contributed by atoms with Gasteiger partial charge in [0.2, 0.25) is 0 Å². The summed E-state index contributed by atoms with van der Waals surface area (Å²) in [5.74, 6) is 1.81. The number of rotatable bonds is 1. The number of phenolic OH excluding ortho intramolecular Hbond substituents is 1. The van der Waals surface area contributed by atoms with Gasteiger partial charge in [-0.25, -0.2) is 0 Å². The van der Waals surface area contributed by atoms with Crippen LogP contribution < -0.4 is 4.74 Å². The Labute approximate surface area is 191 Å². The van der Waals surface area contributed by atoms with Crippen molar-refractivity contribution in [3.05, 3.63) is 126 Å². The summed E-state index contributed by atoms with van der Waals surface area (Å²) in [7, 11) is 0. The fourth-order valence-electron chi connectivity index (χ4n) is 5.46. The molecule has 6 aromatic carbocycles. The third kappa shape index (κ3) is 2.61. The summed E-state index contributed by atoms with van der Waals surface area (Å²) < 4.78 is 6.52. The van der Waals surface area contributed by atoms with Gasteiger partial charge in [0.05, 0.1) is 0 Å². The molecule has 0 saturated heterocycles. The van der Waals surface area contributed by atoms with Gasteiger partial charge in [0.15, 0.2) is 0 Å². The second-order valence-electron chi connectivity index (χ2n) is 8.65. The van der Waals surface area contributed by atoms with Gasteiger partial charge < -0.3 is 9.84 Å². The maximum Gasteiger partial charge on any atom is 0.132 e. The molecule has 1 N–H and O–H groups in total. The van der Waals surface area contributed by atoms with Gasteiger partial charge in [-0.05, 0) is 50.5 Å². The first-order valence-electron chi connectivity index (χ1n) is 11.2. The summed E-state index contributed by atoms with van der Waals surface area (Å²) in [5, 5.41) is 18.1. The first kappa shape index (κ1) is 18.3. The van der Waals surface area contributed by atoms with Crippen LogP contribution in [0, 0.1) is 0 Å². The zero-order valence-electron chi connectivity index (χ0n) is 17.8. The molecule has 2 nitrogen and oxygen atoms in total. The largest absolute Gasteiger partial charge is 0.508 e. The van der Waals surface area contributed by atoms with Crippen molar-refractivity contribution < 1.29 is 9.84 Å². The van der Waals surface area contributed by atoms with Crippen LogP contribution in [-0.4, -0.2) is 5.11 Å². The summed E-state index contributed by atoms with van der Waals surface area (Å²) in [4.78, 5) is 0. The van der Waals surface area contributed by atoms with Crippen molar-refractivity contribution in [3.8, 4) is 17.2 Å². The van der Waals surface area contributed by atoms with Crippen LogP contribution in [0.3, 0.4) is 0 Å². The molecule has 0 bridgehead atoms. The van der Waals surface area contributed by atoms with E-state index in [2.05, 4.69) is 84.9 Å². The molecular weight excluding hydrogens is 404 g/mol. The average molecular weight is 424 g/mol. The predicted molar refractivity (Wildman–Crippen MR) is 135 cm³/mol. The minimum absolute atomic E-state index is 0.174. The highest BCUT2D eigenvalue weighted by molar-refractivity contribution is 5.98. The van der Waals surface area contributed by atoms with E-state index < -0.39 is 0 Å². The highest BCUT2D eigenvalue weighted by atomic mass is 16.5. The van der Waals surface area contributed by atoms with E-state index in [0.29, 0.717) is 5.75 Å². The van der Waals surface area contributed by atoms with Gasteiger partial charge in [-0.1, -0.05) is 91.0 Å². The van der Waals surface area contributed by atoms with E-state index in [1.165, 1.54) is 0 Å². The molecule has 0 aliphatic carbocycles. The summed E-state index contributed by atoms with van der Waals surface area (Å²) >= 11 is 0. The molecular formula is C31H20O2. The number of aromatic hydroxyl groups is 1. The highest BCUT2D eigenvalue weighted by Gasteiger charge is 2.34. The van der Waals surface area contributed by atoms with E-state index in [-0.39, 0.29) is 5.92 Å². The van der Waals surface area contributed by atoms with Crippen LogP contribution in [0.25, 0.3) is 32.3 Å². The van der Waals surface area contributed by atoms with Gasteiger partial charge in [-0.3, -0.25) is 0 Å². The van der Waals surface area contributed by atoms with Crippen LogP contribution in [0.5, 0.6) is 17.2 Å². The molecule has 0 unspecified atom stereocenters. The Bertz CT molecular complexity index is 1570. The fraction of sp³-hybridized carbons (Fsp3) is 0.0323. The standard InChI is InChI=1S/C31H20O2/c32-25-16-13-19-7-1-4-10-22(19)28(25)31-29-23-11-5-2-8-20(23)14-17-26(29)33-27-18-15-21-9-3-6-12-24(21)30(27)31/h1-18,31-32H. The van der Waals surface area contributed by atoms with Crippen LogP contribution in [0.15, 0.2) is 109 Å². The number of hydrogen-bond acceptors (Lipinski definition) is 2. The second-order valence-corrected chi connectivity index (χ2v) is 8.65. The molecule has 33 heavy (non-hydrogen) atoms. The molecule has 1 heterocycles. The van der Waals surface area contributed by atoms with Gasteiger partial charge in [-0.15, -0.1) is 0 Å². The van der Waals surface area contributed by atoms with E-state index >= 15 is 0 Å². The zero-order chi connectivity index (χ0) is 21.9. The molecule has 0 saturated carbocycles. The molecule has 156 valence electrons. The third-order valence-electron chi connectivity index (χ3n) is 6.89. The Balaban J connectivity index is 1.69. The summed E-state index contributed by atoms with van der Waals surface area (Å²) in [6.45, 7) is 0.